The highest BCUT2D eigenvalue weighted by Crippen LogP contribution is 2.18. The first-order valence-corrected chi connectivity index (χ1v) is 9.17. The molecule has 0 saturated heterocycles. The molecule has 3 rings (SSSR count). The van der Waals surface area contributed by atoms with Gasteiger partial charge in [-0.2, -0.15) is 4.98 Å². The van der Waals surface area contributed by atoms with Crippen LogP contribution < -0.4 is 10.6 Å². The zero-order chi connectivity index (χ0) is 19.1. The second-order valence-electron chi connectivity index (χ2n) is 5.75. The Kier molecular flexibility index (Phi) is 9.01. The van der Waals surface area contributed by atoms with Crippen molar-refractivity contribution in [3.8, 4) is 11.4 Å². The first-order chi connectivity index (χ1) is 13.1. The molecule has 3 aromatic rings. The van der Waals surface area contributed by atoms with Crippen LogP contribution in [0.3, 0.4) is 0 Å². The van der Waals surface area contributed by atoms with Crippen LogP contribution in [-0.2, 0) is 13.0 Å². The molecule has 2 N–H and O–H groups in total. The van der Waals surface area contributed by atoms with E-state index in [4.69, 9.17) is 27.7 Å². The molecule has 6 nitrogen and oxygen atoms in total. The topological polar surface area (TPSA) is 75.3 Å². The van der Waals surface area contributed by atoms with Crippen molar-refractivity contribution in [3.05, 3.63) is 70.0 Å². The summed E-state index contributed by atoms with van der Waals surface area (Å²) < 4.78 is 5.30. The maximum Gasteiger partial charge on any atom is 0.228 e. The van der Waals surface area contributed by atoms with E-state index in [-0.39, 0.29) is 24.0 Å². The van der Waals surface area contributed by atoms with Crippen molar-refractivity contribution in [1.29, 1.82) is 0 Å². The van der Waals surface area contributed by atoms with Gasteiger partial charge in [0, 0.05) is 42.2 Å². The Hall–Kier alpha value is -1.84. The Morgan fingerprint density at radius 1 is 1.00 bits per heavy atom. The number of nitrogens with zero attached hydrogens (tertiary/aromatic N) is 3. The minimum absolute atomic E-state index is 0. The molecule has 148 valence electrons. The summed E-state index contributed by atoms with van der Waals surface area (Å²) >= 11 is 11.8. The molecule has 0 aliphatic rings. The van der Waals surface area contributed by atoms with Gasteiger partial charge in [-0.1, -0.05) is 40.5 Å². The summed E-state index contributed by atoms with van der Waals surface area (Å²) in [4.78, 5) is 8.60. The lowest BCUT2D eigenvalue weighted by Crippen LogP contribution is -2.37. The summed E-state index contributed by atoms with van der Waals surface area (Å²) in [7, 11) is 1.72. The quantitative estimate of drug-likeness (QED) is 0.277. The minimum Gasteiger partial charge on any atom is -0.356 e. The minimum atomic E-state index is 0. The smallest absolute Gasteiger partial charge is 0.228 e. The number of aromatic nitrogens is 2. The Balaban J connectivity index is 0.00000280. The number of hydrogen-bond acceptors (Lipinski definition) is 4. The molecule has 0 aliphatic carbocycles. The predicted molar refractivity (Wildman–Crippen MR) is 124 cm³/mol. The molecule has 0 amide bonds. The highest BCUT2D eigenvalue weighted by molar-refractivity contribution is 14.0. The molecule has 0 saturated carbocycles. The normalized spacial score (nSPS) is 11.0. The van der Waals surface area contributed by atoms with Crippen LogP contribution in [-0.4, -0.2) is 29.7 Å². The standard InChI is InChI=1S/C19H19Cl2N5O.HI/c1-22-19(24-12-13-2-6-15(20)7-3-13)23-11-10-17-25-18(26-27-17)14-4-8-16(21)9-5-14;/h2-9H,10-12H2,1H3,(H2,22,23,24);1H. The molecule has 1 aromatic heterocycles. The summed E-state index contributed by atoms with van der Waals surface area (Å²) in [6.07, 6.45) is 0.586. The molecule has 28 heavy (non-hydrogen) atoms. The number of benzene rings is 2. The SMILES string of the molecule is CN=C(NCCc1nc(-c2ccc(Cl)cc2)no1)NCc1ccc(Cl)cc1.I. The largest absolute Gasteiger partial charge is 0.356 e. The van der Waals surface area contributed by atoms with Crippen molar-refractivity contribution in [2.45, 2.75) is 13.0 Å². The van der Waals surface area contributed by atoms with E-state index in [0.717, 1.165) is 16.1 Å². The lowest BCUT2D eigenvalue weighted by atomic mass is 10.2. The first-order valence-electron chi connectivity index (χ1n) is 8.41. The fourth-order valence-corrected chi connectivity index (χ4v) is 2.62. The van der Waals surface area contributed by atoms with E-state index in [9.17, 15) is 0 Å². The maximum atomic E-state index is 5.89. The Bertz CT molecular complexity index is 897. The molecule has 0 spiro atoms. The van der Waals surface area contributed by atoms with Crippen LogP contribution in [0.1, 0.15) is 11.5 Å². The second-order valence-corrected chi connectivity index (χ2v) is 6.62. The van der Waals surface area contributed by atoms with Gasteiger partial charge in [0.1, 0.15) is 0 Å². The van der Waals surface area contributed by atoms with E-state index in [2.05, 4.69) is 25.8 Å². The maximum absolute atomic E-state index is 5.89. The van der Waals surface area contributed by atoms with Gasteiger partial charge < -0.3 is 15.2 Å². The van der Waals surface area contributed by atoms with Crippen LogP contribution in [0.4, 0.5) is 0 Å². The van der Waals surface area contributed by atoms with Crippen molar-refractivity contribution in [2.24, 2.45) is 4.99 Å². The lowest BCUT2D eigenvalue weighted by molar-refractivity contribution is 0.378. The van der Waals surface area contributed by atoms with Gasteiger partial charge in [-0.15, -0.1) is 24.0 Å². The number of nitrogens with one attached hydrogen (secondary N) is 2. The zero-order valence-electron chi connectivity index (χ0n) is 15.2. The van der Waals surface area contributed by atoms with Gasteiger partial charge in [-0.25, -0.2) is 0 Å². The van der Waals surface area contributed by atoms with Crippen LogP contribution in [0.25, 0.3) is 11.4 Å². The van der Waals surface area contributed by atoms with Crippen LogP contribution in [0, 0.1) is 0 Å². The Labute approximate surface area is 190 Å². The molecule has 9 heteroatoms. The van der Waals surface area contributed by atoms with E-state index >= 15 is 0 Å². The van der Waals surface area contributed by atoms with Crippen molar-refractivity contribution < 1.29 is 4.52 Å². The molecule has 0 unspecified atom stereocenters. The van der Waals surface area contributed by atoms with Gasteiger partial charge in [0.25, 0.3) is 0 Å². The van der Waals surface area contributed by atoms with Crippen molar-refractivity contribution in [1.82, 2.24) is 20.8 Å². The lowest BCUT2D eigenvalue weighted by Gasteiger charge is -2.11. The Morgan fingerprint density at radius 3 is 2.29 bits per heavy atom. The summed E-state index contributed by atoms with van der Waals surface area (Å²) in [6.45, 7) is 1.26. The predicted octanol–water partition coefficient (Wildman–Crippen LogP) is 4.57. The zero-order valence-corrected chi connectivity index (χ0v) is 19.0. The van der Waals surface area contributed by atoms with E-state index in [0.29, 0.717) is 42.2 Å². The summed E-state index contributed by atoms with van der Waals surface area (Å²) in [5.41, 5.74) is 1.98. The average molecular weight is 532 g/mol. The number of halogens is 3. The summed E-state index contributed by atoms with van der Waals surface area (Å²) in [5, 5.41) is 11.9. The fourth-order valence-electron chi connectivity index (χ4n) is 2.37. The molecule has 2 aromatic carbocycles. The van der Waals surface area contributed by atoms with E-state index in [1.54, 1.807) is 19.2 Å². The van der Waals surface area contributed by atoms with Gasteiger partial charge >= 0.3 is 0 Å². The average Bonchev–Trinajstić information content (AvgIpc) is 3.15. The van der Waals surface area contributed by atoms with Crippen LogP contribution in [0.5, 0.6) is 0 Å². The molecular formula is C19H20Cl2IN5O. The van der Waals surface area contributed by atoms with Crippen molar-refractivity contribution >= 4 is 53.1 Å². The van der Waals surface area contributed by atoms with Crippen LogP contribution >= 0.6 is 47.2 Å². The fraction of sp³-hybridized carbons (Fsp3) is 0.211. The number of rotatable bonds is 6. The van der Waals surface area contributed by atoms with Gasteiger partial charge in [0.05, 0.1) is 0 Å². The highest BCUT2D eigenvalue weighted by Gasteiger charge is 2.08. The molecule has 0 fully saturated rings. The van der Waals surface area contributed by atoms with Crippen molar-refractivity contribution in [2.75, 3.05) is 13.6 Å². The molecular weight excluding hydrogens is 512 g/mol. The van der Waals surface area contributed by atoms with Crippen LogP contribution in [0.2, 0.25) is 10.0 Å². The van der Waals surface area contributed by atoms with Gasteiger partial charge in [-0.05, 0) is 42.0 Å². The number of guanidine groups is 1. The molecule has 0 bridgehead atoms. The third-order valence-electron chi connectivity index (χ3n) is 3.80. The van der Waals surface area contributed by atoms with E-state index in [1.807, 2.05) is 36.4 Å². The number of aliphatic imine (C=N–C) groups is 1. The van der Waals surface area contributed by atoms with Gasteiger partial charge in [0.2, 0.25) is 11.7 Å². The number of hydrogen-bond donors (Lipinski definition) is 2. The second kappa shape index (κ2) is 11.2. The molecule has 0 atom stereocenters. The summed E-state index contributed by atoms with van der Waals surface area (Å²) in [5.74, 6) is 1.80. The van der Waals surface area contributed by atoms with Crippen LogP contribution in [0.15, 0.2) is 58.0 Å². The van der Waals surface area contributed by atoms with E-state index in [1.165, 1.54) is 0 Å². The van der Waals surface area contributed by atoms with E-state index < -0.39 is 0 Å². The van der Waals surface area contributed by atoms with Gasteiger partial charge in [0.15, 0.2) is 5.96 Å². The Morgan fingerprint density at radius 2 is 1.64 bits per heavy atom. The highest BCUT2D eigenvalue weighted by atomic mass is 127. The molecule has 0 radical (unpaired) electrons. The van der Waals surface area contributed by atoms with Crippen molar-refractivity contribution in [3.63, 3.8) is 0 Å². The molecule has 0 aliphatic heterocycles. The van der Waals surface area contributed by atoms with Gasteiger partial charge in [-0.3, -0.25) is 4.99 Å². The first kappa shape index (κ1) is 22.4. The third kappa shape index (κ3) is 6.65. The summed E-state index contributed by atoms with van der Waals surface area (Å²) in [6, 6.07) is 15.0. The molecule has 1 heterocycles. The monoisotopic (exact) mass is 531 g/mol. The third-order valence-corrected chi connectivity index (χ3v) is 4.30.